The molecule has 1 aliphatic rings. The average molecular weight is 256 g/mol. The van der Waals surface area contributed by atoms with Crippen LogP contribution in [0.2, 0.25) is 5.02 Å². The van der Waals surface area contributed by atoms with Gasteiger partial charge in [0.15, 0.2) is 0 Å². The van der Waals surface area contributed by atoms with E-state index in [1.165, 1.54) is 25.7 Å². The molecule has 1 atom stereocenters. The second kappa shape index (κ2) is 6.22. The predicted molar refractivity (Wildman–Crippen MR) is 67.3 cm³/mol. The number of hydrogen-bond acceptors (Lipinski definition) is 3. The van der Waals surface area contributed by atoms with Crippen LogP contribution in [0.15, 0.2) is 18.5 Å². The minimum atomic E-state index is -0.392. The molecule has 1 saturated carbocycles. The SMILES string of the molecule is OC(COc1cncc(Cl)c1)CC1CCCC1. The highest BCUT2D eigenvalue weighted by molar-refractivity contribution is 6.30. The van der Waals surface area contributed by atoms with Gasteiger partial charge >= 0.3 is 0 Å². The largest absolute Gasteiger partial charge is 0.489 e. The van der Waals surface area contributed by atoms with Gasteiger partial charge in [0.2, 0.25) is 0 Å². The first kappa shape index (κ1) is 12.7. The number of pyridine rings is 1. The van der Waals surface area contributed by atoms with E-state index < -0.39 is 6.10 Å². The number of hydrogen-bond donors (Lipinski definition) is 1. The quantitative estimate of drug-likeness (QED) is 0.879. The molecule has 1 fully saturated rings. The lowest BCUT2D eigenvalue weighted by molar-refractivity contribution is 0.0854. The molecule has 17 heavy (non-hydrogen) atoms. The summed E-state index contributed by atoms with van der Waals surface area (Å²) in [5, 5.41) is 10.4. The summed E-state index contributed by atoms with van der Waals surface area (Å²) in [5.74, 6) is 1.29. The lowest BCUT2D eigenvalue weighted by Gasteiger charge is -2.15. The Morgan fingerprint density at radius 3 is 2.88 bits per heavy atom. The zero-order valence-corrected chi connectivity index (χ0v) is 10.6. The zero-order valence-electron chi connectivity index (χ0n) is 9.81. The maximum absolute atomic E-state index is 9.86. The van der Waals surface area contributed by atoms with E-state index in [0.29, 0.717) is 23.3 Å². The first-order valence-corrected chi connectivity index (χ1v) is 6.53. The predicted octanol–water partition coefficient (Wildman–Crippen LogP) is 3.06. The summed E-state index contributed by atoms with van der Waals surface area (Å²) < 4.78 is 5.46. The van der Waals surface area contributed by atoms with E-state index in [-0.39, 0.29) is 0 Å². The molecule has 1 aliphatic carbocycles. The Balaban J connectivity index is 1.73. The van der Waals surface area contributed by atoms with Crippen LogP contribution < -0.4 is 4.74 Å². The van der Waals surface area contributed by atoms with Crippen molar-refractivity contribution in [2.24, 2.45) is 5.92 Å². The smallest absolute Gasteiger partial charge is 0.139 e. The Bertz CT molecular complexity index is 353. The van der Waals surface area contributed by atoms with Crippen molar-refractivity contribution in [3.63, 3.8) is 0 Å². The standard InChI is InChI=1S/C13H18ClNO2/c14-11-6-13(8-15-7-11)17-9-12(16)5-10-3-1-2-4-10/h6-8,10,12,16H,1-5,9H2. The third-order valence-electron chi connectivity index (χ3n) is 3.20. The van der Waals surface area contributed by atoms with Crippen LogP contribution in [-0.2, 0) is 0 Å². The monoisotopic (exact) mass is 255 g/mol. The molecular weight excluding hydrogens is 238 g/mol. The van der Waals surface area contributed by atoms with Crippen LogP contribution in [0.5, 0.6) is 5.75 Å². The van der Waals surface area contributed by atoms with Crippen molar-refractivity contribution in [1.82, 2.24) is 4.98 Å². The van der Waals surface area contributed by atoms with E-state index in [1.807, 2.05) is 0 Å². The summed E-state index contributed by atoms with van der Waals surface area (Å²) in [6.07, 6.45) is 8.71. The first-order chi connectivity index (χ1) is 8.24. The van der Waals surface area contributed by atoms with Gasteiger partial charge in [0, 0.05) is 12.3 Å². The molecule has 0 radical (unpaired) electrons. The van der Waals surface area contributed by atoms with E-state index in [2.05, 4.69) is 4.98 Å². The van der Waals surface area contributed by atoms with Crippen molar-refractivity contribution >= 4 is 11.6 Å². The third-order valence-corrected chi connectivity index (χ3v) is 3.41. The Morgan fingerprint density at radius 1 is 1.41 bits per heavy atom. The van der Waals surface area contributed by atoms with E-state index in [0.717, 1.165) is 6.42 Å². The molecular formula is C13H18ClNO2. The molecule has 3 nitrogen and oxygen atoms in total. The summed E-state index contributed by atoms with van der Waals surface area (Å²) >= 11 is 5.79. The van der Waals surface area contributed by atoms with Gasteiger partial charge < -0.3 is 9.84 Å². The molecule has 4 heteroatoms. The van der Waals surface area contributed by atoms with Crippen molar-refractivity contribution < 1.29 is 9.84 Å². The maximum Gasteiger partial charge on any atom is 0.139 e. The Labute approximate surface area is 107 Å². The molecule has 1 aromatic heterocycles. The van der Waals surface area contributed by atoms with Crippen LogP contribution in [0.1, 0.15) is 32.1 Å². The highest BCUT2D eigenvalue weighted by Gasteiger charge is 2.19. The van der Waals surface area contributed by atoms with Crippen molar-refractivity contribution in [2.75, 3.05) is 6.61 Å². The van der Waals surface area contributed by atoms with Gasteiger partial charge in [-0.15, -0.1) is 0 Å². The van der Waals surface area contributed by atoms with Crippen molar-refractivity contribution in [1.29, 1.82) is 0 Å². The molecule has 0 spiro atoms. The lowest BCUT2D eigenvalue weighted by atomic mass is 10.0. The van der Waals surface area contributed by atoms with E-state index >= 15 is 0 Å². The minimum absolute atomic E-state index is 0.318. The van der Waals surface area contributed by atoms with Crippen LogP contribution in [0.25, 0.3) is 0 Å². The van der Waals surface area contributed by atoms with Gasteiger partial charge in [-0.2, -0.15) is 0 Å². The Morgan fingerprint density at radius 2 is 2.18 bits per heavy atom. The normalized spacial score (nSPS) is 18.2. The number of rotatable bonds is 5. The summed E-state index contributed by atoms with van der Waals surface area (Å²) in [6, 6.07) is 1.71. The summed E-state index contributed by atoms with van der Waals surface area (Å²) in [4.78, 5) is 3.93. The van der Waals surface area contributed by atoms with Crippen LogP contribution in [-0.4, -0.2) is 22.8 Å². The number of aliphatic hydroxyl groups is 1. The lowest BCUT2D eigenvalue weighted by Crippen LogP contribution is -2.20. The van der Waals surface area contributed by atoms with Gasteiger partial charge in [0.05, 0.1) is 17.3 Å². The summed E-state index contributed by atoms with van der Waals surface area (Å²) in [6.45, 7) is 0.318. The average Bonchev–Trinajstić information content (AvgIpc) is 2.79. The number of halogens is 1. The summed E-state index contributed by atoms with van der Waals surface area (Å²) in [5.41, 5.74) is 0. The molecule has 1 heterocycles. The molecule has 1 unspecified atom stereocenters. The van der Waals surface area contributed by atoms with Crippen LogP contribution >= 0.6 is 11.6 Å². The van der Waals surface area contributed by atoms with Gasteiger partial charge in [-0.25, -0.2) is 0 Å². The second-order valence-corrected chi connectivity index (χ2v) is 5.13. The highest BCUT2D eigenvalue weighted by Crippen LogP contribution is 2.28. The van der Waals surface area contributed by atoms with Gasteiger partial charge in [-0.3, -0.25) is 4.98 Å². The van der Waals surface area contributed by atoms with Crippen LogP contribution in [0, 0.1) is 5.92 Å². The van der Waals surface area contributed by atoms with Crippen LogP contribution in [0.3, 0.4) is 0 Å². The number of aromatic nitrogens is 1. The first-order valence-electron chi connectivity index (χ1n) is 6.15. The zero-order chi connectivity index (χ0) is 12.1. The van der Waals surface area contributed by atoms with Crippen LogP contribution in [0.4, 0.5) is 0 Å². The molecule has 0 aliphatic heterocycles. The van der Waals surface area contributed by atoms with E-state index in [4.69, 9.17) is 16.3 Å². The molecule has 2 rings (SSSR count). The molecule has 1 aromatic rings. The van der Waals surface area contributed by atoms with Crippen molar-refractivity contribution in [2.45, 2.75) is 38.2 Å². The third kappa shape index (κ3) is 4.17. The number of ether oxygens (including phenoxy) is 1. The molecule has 94 valence electrons. The topological polar surface area (TPSA) is 42.4 Å². The molecule has 0 amide bonds. The molecule has 0 saturated heterocycles. The fourth-order valence-electron chi connectivity index (χ4n) is 2.36. The molecule has 0 aromatic carbocycles. The molecule has 0 bridgehead atoms. The number of nitrogens with zero attached hydrogens (tertiary/aromatic N) is 1. The van der Waals surface area contributed by atoms with Gasteiger partial charge in [0.1, 0.15) is 12.4 Å². The van der Waals surface area contributed by atoms with Crippen molar-refractivity contribution in [3.05, 3.63) is 23.5 Å². The Hall–Kier alpha value is -0.800. The fraction of sp³-hybridized carbons (Fsp3) is 0.615. The molecule has 1 N–H and O–H groups in total. The second-order valence-electron chi connectivity index (χ2n) is 4.69. The Kier molecular flexibility index (Phi) is 4.63. The minimum Gasteiger partial charge on any atom is -0.489 e. The number of aliphatic hydroxyl groups excluding tert-OH is 1. The van der Waals surface area contributed by atoms with E-state index in [1.54, 1.807) is 18.5 Å². The van der Waals surface area contributed by atoms with Gasteiger partial charge in [-0.05, 0) is 12.3 Å². The van der Waals surface area contributed by atoms with Gasteiger partial charge in [-0.1, -0.05) is 37.3 Å². The van der Waals surface area contributed by atoms with E-state index in [9.17, 15) is 5.11 Å². The maximum atomic E-state index is 9.86. The fourth-order valence-corrected chi connectivity index (χ4v) is 2.53. The summed E-state index contributed by atoms with van der Waals surface area (Å²) in [7, 11) is 0. The van der Waals surface area contributed by atoms with Crippen molar-refractivity contribution in [3.8, 4) is 5.75 Å². The van der Waals surface area contributed by atoms with Gasteiger partial charge in [0.25, 0.3) is 0 Å². The highest BCUT2D eigenvalue weighted by atomic mass is 35.5.